The lowest BCUT2D eigenvalue weighted by molar-refractivity contribution is -0.135. The third-order valence-electron chi connectivity index (χ3n) is 6.33. The fraction of sp³-hybridized carbons (Fsp3) is 0.591. The highest BCUT2D eigenvalue weighted by atomic mass is 16.5. The molecule has 0 radical (unpaired) electrons. The number of nitrogens with two attached hydrogens (primary N) is 1. The van der Waals surface area contributed by atoms with Crippen LogP contribution in [0, 0.1) is 0 Å². The topological polar surface area (TPSA) is 112 Å². The quantitative estimate of drug-likeness (QED) is 0.613. The van der Waals surface area contributed by atoms with Gasteiger partial charge in [-0.1, -0.05) is 6.07 Å². The van der Waals surface area contributed by atoms with Crippen LogP contribution in [0.25, 0.3) is 11.0 Å². The maximum absolute atomic E-state index is 12.9. The number of hydrogen-bond donors (Lipinski definition) is 2. The van der Waals surface area contributed by atoms with E-state index in [-0.39, 0.29) is 24.1 Å². The number of fused-ring (bicyclic) bond motifs is 1. The normalized spacial score (nSPS) is 22.8. The second kappa shape index (κ2) is 9.33. The van der Waals surface area contributed by atoms with Crippen molar-refractivity contribution in [1.29, 1.82) is 0 Å². The Kier molecular flexibility index (Phi) is 6.54. The van der Waals surface area contributed by atoms with Crippen molar-refractivity contribution in [2.75, 3.05) is 32.8 Å². The monoisotopic (exact) mass is 429 g/mol. The number of aromatic nitrogens is 2. The molecule has 31 heavy (non-hydrogen) atoms. The fourth-order valence-electron chi connectivity index (χ4n) is 4.65. The Balaban J connectivity index is 1.45. The van der Waals surface area contributed by atoms with Crippen molar-refractivity contribution in [2.45, 2.75) is 44.2 Å². The standard InChI is InChI=1S/C22H31N5O4/c1-25-19-13-15(3-2-10-26-11-12-31-16(14-26)8-9-23)4-5-17(19)27(22(25)30)18-6-7-20(28)24-21(18)29/h4-5,13,16,18H,2-3,6-12,14,23H2,1H3,(H,24,28,29)/t16-,18?/m0/s1. The molecule has 0 spiro atoms. The number of carbonyl (C=O) groups excluding carboxylic acids is 2. The summed E-state index contributed by atoms with van der Waals surface area (Å²) in [5.74, 6) is -0.695. The van der Waals surface area contributed by atoms with Crippen LogP contribution in [0.2, 0.25) is 0 Å². The lowest BCUT2D eigenvalue weighted by Crippen LogP contribution is -2.44. The van der Waals surface area contributed by atoms with Gasteiger partial charge in [-0.15, -0.1) is 0 Å². The van der Waals surface area contributed by atoms with Crippen LogP contribution >= 0.6 is 0 Å². The van der Waals surface area contributed by atoms with Gasteiger partial charge in [0.1, 0.15) is 6.04 Å². The molecule has 168 valence electrons. The number of piperidine rings is 1. The zero-order valence-corrected chi connectivity index (χ0v) is 18.0. The number of aryl methyl sites for hydroxylation is 2. The highest BCUT2D eigenvalue weighted by molar-refractivity contribution is 6.00. The molecule has 2 atom stereocenters. The molecular formula is C22H31N5O4. The van der Waals surface area contributed by atoms with Gasteiger partial charge in [0.15, 0.2) is 0 Å². The van der Waals surface area contributed by atoms with Crippen LogP contribution in [0.15, 0.2) is 23.0 Å². The minimum absolute atomic E-state index is 0.233. The van der Waals surface area contributed by atoms with E-state index in [1.807, 2.05) is 18.2 Å². The summed E-state index contributed by atoms with van der Waals surface area (Å²) in [6, 6.07) is 5.33. The second-order valence-electron chi connectivity index (χ2n) is 8.48. The van der Waals surface area contributed by atoms with Crippen LogP contribution in [0.4, 0.5) is 0 Å². The number of carbonyl (C=O) groups is 2. The molecule has 2 saturated heterocycles. The van der Waals surface area contributed by atoms with E-state index in [2.05, 4.69) is 10.2 Å². The molecule has 1 unspecified atom stereocenters. The summed E-state index contributed by atoms with van der Waals surface area (Å²) < 4.78 is 8.85. The first-order valence-electron chi connectivity index (χ1n) is 11.1. The third-order valence-corrected chi connectivity index (χ3v) is 6.33. The smallest absolute Gasteiger partial charge is 0.329 e. The number of imidazole rings is 1. The van der Waals surface area contributed by atoms with Crippen molar-refractivity contribution >= 4 is 22.8 Å². The maximum atomic E-state index is 12.9. The molecule has 0 aliphatic carbocycles. The summed E-state index contributed by atoms with van der Waals surface area (Å²) in [5, 5.41) is 2.34. The van der Waals surface area contributed by atoms with Gasteiger partial charge in [-0.3, -0.25) is 28.9 Å². The van der Waals surface area contributed by atoms with E-state index in [4.69, 9.17) is 10.5 Å². The van der Waals surface area contributed by atoms with Crippen LogP contribution in [0.5, 0.6) is 0 Å². The van der Waals surface area contributed by atoms with Crippen LogP contribution in [-0.2, 0) is 27.8 Å². The molecule has 1 aromatic heterocycles. The Bertz CT molecular complexity index is 1020. The van der Waals surface area contributed by atoms with E-state index in [0.717, 1.165) is 62.1 Å². The summed E-state index contributed by atoms with van der Waals surface area (Å²) in [5.41, 5.74) is 8.11. The number of benzene rings is 1. The Morgan fingerprint density at radius 2 is 2.06 bits per heavy atom. The summed E-state index contributed by atoms with van der Waals surface area (Å²) in [7, 11) is 1.72. The first-order valence-corrected chi connectivity index (χ1v) is 11.1. The predicted molar refractivity (Wildman–Crippen MR) is 117 cm³/mol. The summed E-state index contributed by atoms with van der Waals surface area (Å²) >= 11 is 0. The lowest BCUT2D eigenvalue weighted by atomic mass is 10.0. The molecule has 2 aromatic rings. The van der Waals surface area contributed by atoms with E-state index < -0.39 is 11.9 Å². The maximum Gasteiger partial charge on any atom is 0.329 e. The van der Waals surface area contributed by atoms with E-state index >= 15 is 0 Å². The van der Waals surface area contributed by atoms with Gasteiger partial charge >= 0.3 is 5.69 Å². The van der Waals surface area contributed by atoms with Crippen molar-refractivity contribution in [3.63, 3.8) is 0 Å². The van der Waals surface area contributed by atoms with E-state index in [9.17, 15) is 14.4 Å². The number of morpholine rings is 1. The summed E-state index contributed by atoms with van der Waals surface area (Å²) in [4.78, 5) is 39.1. The Morgan fingerprint density at radius 3 is 2.84 bits per heavy atom. The Labute approximate surface area is 181 Å². The number of imide groups is 1. The fourth-order valence-corrected chi connectivity index (χ4v) is 4.65. The van der Waals surface area contributed by atoms with Gasteiger partial charge in [0, 0.05) is 26.6 Å². The molecule has 2 aliphatic rings. The highest BCUT2D eigenvalue weighted by Gasteiger charge is 2.31. The molecule has 4 rings (SSSR count). The van der Waals surface area contributed by atoms with Gasteiger partial charge in [-0.25, -0.2) is 4.79 Å². The van der Waals surface area contributed by atoms with Crippen LogP contribution in [-0.4, -0.2) is 64.7 Å². The number of hydrogen-bond acceptors (Lipinski definition) is 6. The molecule has 9 heteroatoms. The molecule has 2 aliphatic heterocycles. The van der Waals surface area contributed by atoms with Gasteiger partial charge < -0.3 is 10.5 Å². The molecule has 0 bridgehead atoms. The number of nitrogens with zero attached hydrogens (tertiary/aromatic N) is 3. The Morgan fingerprint density at radius 1 is 1.23 bits per heavy atom. The van der Waals surface area contributed by atoms with E-state index in [1.165, 1.54) is 4.57 Å². The number of ether oxygens (including phenoxy) is 1. The van der Waals surface area contributed by atoms with Gasteiger partial charge in [0.2, 0.25) is 11.8 Å². The molecule has 3 heterocycles. The molecule has 9 nitrogen and oxygen atoms in total. The van der Waals surface area contributed by atoms with Crippen molar-refractivity contribution in [3.8, 4) is 0 Å². The lowest BCUT2D eigenvalue weighted by Gasteiger charge is -2.32. The average Bonchev–Trinajstić information content (AvgIpc) is 2.99. The minimum Gasteiger partial charge on any atom is -0.376 e. The van der Waals surface area contributed by atoms with E-state index in [1.54, 1.807) is 11.6 Å². The number of nitrogens with one attached hydrogen (secondary N) is 1. The SMILES string of the molecule is Cn1c(=O)n(C2CCC(=O)NC2=O)c2ccc(CCCN3CCO[C@@H](CCN)C3)cc21. The van der Waals surface area contributed by atoms with Crippen molar-refractivity contribution in [3.05, 3.63) is 34.2 Å². The molecule has 3 N–H and O–H groups in total. The number of amides is 2. The molecule has 1 aromatic carbocycles. The van der Waals surface area contributed by atoms with E-state index in [0.29, 0.717) is 13.0 Å². The summed E-state index contributed by atoms with van der Waals surface area (Å²) in [6.45, 7) is 4.28. The first-order chi connectivity index (χ1) is 15.0. The average molecular weight is 430 g/mol. The third kappa shape index (κ3) is 4.58. The first kappa shape index (κ1) is 21.7. The zero-order valence-electron chi connectivity index (χ0n) is 18.0. The Hall–Kier alpha value is -2.49. The zero-order chi connectivity index (χ0) is 22.0. The van der Waals surface area contributed by atoms with Crippen LogP contribution < -0.4 is 16.7 Å². The van der Waals surface area contributed by atoms with Gasteiger partial charge in [-0.2, -0.15) is 0 Å². The van der Waals surface area contributed by atoms with Crippen molar-refractivity contribution in [1.82, 2.24) is 19.4 Å². The largest absolute Gasteiger partial charge is 0.376 e. The van der Waals surface area contributed by atoms with Gasteiger partial charge in [0.05, 0.1) is 23.7 Å². The molecule has 0 saturated carbocycles. The van der Waals surface area contributed by atoms with Gasteiger partial charge in [0.25, 0.3) is 0 Å². The predicted octanol–water partition coefficient (Wildman–Crippen LogP) is 0.300. The van der Waals surface area contributed by atoms with Gasteiger partial charge in [-0.05, 0) is 56.5 Å². The molecule has 2 fully saturated rings. The molecular weight excluding hydrogens is 398 g/mol. The second-order valence-corrected chi connectivity index (χ2v) is 8.48. The van der Waals surface area contributed by atoms with Crippen LogP contribution in [0.3, 0.4) is 0 Å². The summed E-state index contributed by atoms with van der Waals surface area (Å²) in [6.07, 6.45) is 3.64. The number of rotatable bonds is 7. The van der Waals surface area contributed by atoms with Crippen molar-refractivity contribution < 1.29 is 14.3 Å². The van der Waals surface area contributed by atoms with Crippen LogP contribution in [0.1, 0.15) is 37.3 Å². The van der Waals surface area contributed by atoms with Crippen molar-refractivity contribution in [2.24, 2.45) is 12.8 Å². The minimum atomic E-state index is -0.650. The highest BCUT2D eigenvalue weighted by Crippen LogP contribution is 2.24. The molecule has 2 amide bonds.